The Labute approximate surface area is 98.6 Å². The van der Waals surface area contributed by atoms with Crippen molar-refractivity contribution < 1.29 is 4.79 Å². The average molecular weight is 243 g/mol. The minimum atomic E-state index is -0.372. The van der Waals surface area contributed by atoms with Crippen LogP contribution in [0.15, 0.2) is 18.2 Å². The number of benzene rings is 1. The summed E-state index contributed by atoms with van der Waals surface area (Å²) in [5.74, 6) is -0.372. The summed E-state index contributed by atoms with van der Waals surface area (Å²) in [5.41, 5.74) is 6.74. The summed E-state index contributed by atoms with van der Waals surface area (Å²) >= 11 is 10.7. The van der Waals surface area contributed by atoms with Gasteiger partial charge >= 0.3 is 0 Å². The highest BCUT2D eigenvalue weighted by molar-refractivity contribution is 7.82. The van der Waals surface area contributed by atoms with Crippen LogP contribution in [0, 0.1) is 6.92 Å². The third-order valence-electron chi connectivity index (χ3n) is 1.90. The maximum absolute atomic E-state index is 11.5. The fraction of sp³-hybridized carbons (Fsp3) is 0.200. The summed E-state index contributed by atoms with van der Waals surface area (Å²) in [7, 11) is 0. The van der Waals surface area contributed by atoms with Crippen molar-refractivity contribution in [2.45, 2.75) is 6.92 Å². The van der Waals surface area contributed by atoms with Crippen molar-refractivity contribution in [3.05, 3.63) is 28.8 Å². The van der Waals surface area contributed by atoms with Crippen molar-refractivity contribution in [1.82, 2.24) is 0 Å². The second kappa shape index (κ2) is 5.21. The van der Waals surface area contributed by atoms with Crippen LogP contribution in [0.2, 0.25) is 5.02 Å². The number of aryl methyl sites for hydroxylation is 1. The molecule has 0 spiro atoms. The number of rotatable bonds is 3. The van der Waals surface area contributed by atoms with Gasteiger partial charge in [0.15, 0.2) is 0 Å². The lowest BCUT2D eigenvalue weighted by Gasteiger charge is -2.09. The van der Waals surface area contributed by atoms with E-state index < -0.39 is 0 Å². The van der Waals surface area contributed by atoms with Crippen LogP contribution in [-0.2, 0) is 4.79 Å². The van der Waals surface area contributed by atoms with Gasteiger partial charge in [-0.1, -0.05) is 36.0 Å². The second-order valence-electron chi connectivity index (χ2n) is 3.01. The van der Waals surface area contributed by atoms with E-state index in [-0.39, 0.29) is 17.3 Å². The Morgan fingerprint density at radius 2 is 2.27 bits per heavy atom. The molecule has 15 heavy (non-hydrogen) atoms. The van der Waals surface area contributed by atoms with E-state index in [9.17, 15) is 4.79 Å². The minimum absolute atomic E-state index is 0.0602. The Morgan fingerprint density at radius 3 is 2.80 bits per heavy atom. The lowest BCUT2D eigenvalue weighted by Crippen LogP contribution is -2.27. The summed E-state index contributed by atoms with van der Waals surface area (Å²) in [5, 5.41) is 3.13. The van der Waals surface area contributed by atoms with Crippen LogP contribution in [0.5, 0.6) is 0 Å². The molecule has 0 aliphatic rings. The van der Waals surface area contributed by atoms with E-state index >= 15 is 0 Å². The molecule has 0 aliphatic carbocycles. The third kappa shape index (κ3) is 2.99. The van der Waals surface area contributed by atoms with Crippen molar-refractivity contribution >= 4 is 40.3 Å². The zero-order valence-corrected chi connectivity index (χ0v) is 9.78. The molecule has 0 atom stereocenters. The molecule has 3 N–H and O–H groups in total. The molecule has 0 aromatic heterocycles. The number of hydrogen-bond acceptors (Lipinski definition) is 3. The van der Waals surface area contributed by atoms with Crippen LogP contribution < -0.4 is 11.1 Å². The van der Waals surface area contributed by atoms with Crippen molar-refractivity contribution in [3.8, 4) is 0 Å². The van der Waals surface area contributed by atoms with Crippen LogP contribution in [0.1, 0.15) is 5.56 Å². The monoisotopic (exact) mass is 242 g/mol. The molecule has 0 aliphatic heterocycles. The predicted molar refractivity (Wildman–Crippen MR) is 66.5 cm³/mol. The first kappa shape index (κ1) is 12.1. The Balaban J connectivity index is 2.90. The van der Waals surface area contributed by atoms with Crippen molar-refractivity contribution in [1.29, 1.82) is 0 Å². The Hall–Kier alpha value is -0.970. The zero-order chi connectivity index (χ0) is 11.4. The quantitative estimate of drug-likeness (QED) is 0.797. The van der Waals surface area contributed by atoms with Gasteiger partial charge in [0.2, 0.25) is 0 Å². The van der Waals surface area contributed by atoms with Crippen LogP contribution in [0.25, 0.3) is 0 Å². The van der Waals surface area contributed by atoms with Gasteiger partial charge in [-0.15, -0.1) is 0 Å². The molecule has 80 valence electrons. The predicted octanol–water partition coefficient (Wildman–Crippen LogP) is 1.92. The number of thiocarbonyl (C=S) groups is 1. The van der Waals surface area contributed by atoms with Crippen LogP contribution in [0.3, 0.4) is 0 Å². The minimum Gasteiger partial charge on any atom is -0.326 e. The largest absolute Gasteiger partial charge is 0.326 e. The van der Waals surface area contributed by atoms with E-state index in [0.29, 0.717) is 10.7 Å². The number of para-hydroxylation sites is 1. The van der Waals surface area contributed by atoms with E-state index in [0.717, 1.165) is 5.56 Å². The van der Waals surface area contributed by atoms with Gasteiger partial charge in [-0.25, -0.2) is 0 Å². The third-order valence-corrected chi connectivity index (χ3v) is 2.57. The van der Waals surface area contributed by atoms with Gasteiger partial charge in [0, 0.05) is 6.54 Å². The van der Waals surface area contributed by atoms with E-state index in [1.807, 2.05) is 19.1 Å². The smallest absolute Gasteiger partial charge is 0.263 e. The summed E-state index contributed by atoms with van der Waals surface area (Å²) in [6.45, 7) is 1.91. The topological polar surface area (TPSA) is 55.1 Å². The molecule has 1 aromatic carbocycles. The second-order valence-corrected chi connectivity index (χ2v) is 3.91. The van der Waals surface area contributed by atoms with E-state index in [1.165, 1.54) is 0 Å². The number of hydrogen-bond donors (Lipinski definition) is 2. The van der Waals surface area contributed by atoms with Crippen LogP contribution in [-0.4, -0.2) is 17.3 Å². The Morgan fingerprint density at radius 1 is 1.60 bits per heavy atom. The number of nitrogens with two attached hydrogens (primary N) is 1. The zero-order valence-electron chi connectivity index (χ0n) is 8.21. The number of amides is 1. The molecular formula is C10H11ClN2OS. The van der Waals surface area contributed by atoms with Crippen molar-refractivity contribution in [3.63, 3.8) is 0 Å². The number of nitrogens with one attached hydrogen (secondary N) is 1. The fourth-order valence-corrected chi connectivity index (χ4v) is 1.39. The van der Waals surface area contributed by atoms with Gasteiger partial charge in [0.1, 0.15) is 0 Å². The lowest BCUT2D eigenvalue weighted by molar-refractivity contribution is -0.110. The molecule has 0 saturated heterocycles. The molecule has 0 bridgehead atoms. The molecule has 0 fully saturated rings. The SMILES string of the molecule is Cc1cccc(Cl)c1NC(=O)C(=S)CN. The summed E-state index contributed by atoms with van der Waals surface area (Å²) in [6.07, 6.45) is 0. The maximum Gasteiger partial charge on any atom is 0.263 e. The molecule has 0 unspecified atom stereocenters. The summed E-state index contributed by atoms with van der Waals surface area (Å²) in [4.78, 5) is 11.6. The number of carbonyl (C=O) groups excluding carboxylic acids is 1. The summed E-state index contributed by atoms with van der Waals surface area (Å²) in [6, 6.07) is 5.37. The normalized spacial score (nSPS) is 9.80. The first-order valence-corrected chi connectivity index (χ1v) is 5.14. The highest BCUT2D eigenvalue weighted by Gasteiger charge is 2.11. The highest BCUT2D eigenvalue weighted by Crippen LogP contribution is 2.24. The Bertz CT molecular complexity index is 386. The molecule has 1 rings (SSSR count). The average Bonchev–Trinajstić information content (AvgIpc) is 2.22. The van der Waals surface area contributed by atoms with Gasteiger partial charge in [-0.2, -0.15) is 0 Å². The molecule has 3 nitrogen and oxygen atoms in total. The first-order valence-electron chi connectivity index (χ1n) is 4.35. The van der Waals surface area contributed by atoms with E-state index in [2.05, 4.69) is 5.32 Å². The van der Waals surface area contributed by atoms with Gasteiger partial charge in [0.05, 0.1) is 15.6 Å². The maximum atomic E-state index is 11.5. The Kier molecular flexibility index (Phi) is 4.20. The molecule has 0 saturated carbocycles. The fourth-order valence-electron chi connectivity index (χ4n) is 1.07. The number of carbonyl (C=O) groups is 1. The first-order chi connectivity index (χ1) is 7.06. The number of halogens is 1. The van der Waals surface area contributed by atoms with E-state index in [1.54, 1.807) is 6.07 Å². The van der Waals surface area contributed by atoms with Crippen molar-refractivity contribution in [2.24, 2.45) is 5.73 Å². The molecule has 1 aromatic rings. The van der Waals surface area contributed by atoms with Gasteiger partial charge < -0.3 is 11.1 Å². The highest BCUT2D eigenvalue weighted by atomic mass is 35.5. The standard InChI is InChI=1S/C10H11ClN2OS/c1-6-3-2-4-7(11)9(6)13-10(14)8(15)5-12/h2-4H,5,12H2,1H3,(H,13,14). The van der Waals surface area contributed by atoms with Crippen molar-refractivity contribution in [2.75, 3.05) is 11.9 Å². The van der Waals surface area contributed by atoms with Gasteiger partial charge in [-0.3, -0.25) is 4.79 Å². The van der Waals surface area contributed by atoms with Gasteiger partial charge in [0.25, 0.3) is 5.91 Å². The molecule has 0 radical (unpaired) electrons. The van der Waals surface area contributed by atoms with Crippen LogP contribution in [0.4, 0.5) is 5.69 Å². The summed E-state index contributed by atoms with van der Waals surface area (Å²) < 4.78 is 0. The molecule has 1 amide bonds. The van der Waals surface area contributed by atoms with Crippen LogP contribution >= 0.6 is 23.8 Å². The van der Waals surface area contributed by atoms with E-state index in [4.69, 9.17) is 29.6 Å². The molecular weight excluding hydrogens is 232 g/mol. The molecule has 0 heterocycles. The molecule has 5 heteroatoms. The van der Waals surface area contributed by atoms with Gasteiger partial charge in [-0.05, 0) is 18.6 Å². The lowest BCUT2D eigenvalue weighted by atomic mass is 10.2. The number of anilines is 1.